The number of hydrogen-bond acceptors (Lipinski definition) is 6. The summed E-state index contributed by atoms with van der Waals surface area (Å²) in [5.41, 5.74) is 4.16. The molecular formula is C24H28N4O2S. The van der Waals surface area contributed by atoms with Crippen molar-refractivity contribution < 1.29 is 9.53 Å². The number of nitrogens with zero attached hydrogens (tertiary/aromatic N) is 3. The second-order valence-corrected chi connectivity index (χ2v) is 8.68. The van der Waals surface area contributed by atoms with Gasteiger partial charge in [-0.15, -0.1) is 11.3 Å². The molecule has 1 amide bonds. The van der Waals surface area contributed by atoms with Crippen LogP contribution >= 0.6 is 11.3 Å². The van der Waals surface area contributed by atoms with E-state index in [-0.39, 0.29) is 5.91 Å². The lowest BCUT2D eigenvalue weighted by molar-refractivity contribution is -0.115. The summed E-state index contributed by atoms with van der Waals surface area (Å²) in [7, 11) is 1.70. The normalized spacial score (nSPS) is 14.5. The van der Waals surface area contributed by atoms with E-state index in [0.717, 1.165) is 60.4 Å². The number of nitrogens with one attached hydrogen (secondary N) is 1. The smallest absolute Gasteiger partial charge is 0.231 e. The number of thiazole rings is 1. The summed E-state index contributed by atoms with van der Waals surface area (Å²) < 4.78 is 5.34. The van der Waals surface area contributed by atoms with Gasteiger partial charge in [0.05, 0.1) is 19.2 Å². The zero-order valence-electron chi connectivity index (χ0n) is 18.0. The van der Waals surface area contributed by atoms with Crippen molar-refractivity contribution in [3.05, 3.63) is 70.2 Å². The molecule has 0 bridgehead atoms. The zero-order chi connectivity index (χ0) is 21.6. The maximum atomic E-state index is 12.4. The fourth-order valence-electron chi connectivity index (χ4n) is 3.75. The Labute approximate surface area is 187 Å². The van der Waals surface area contributed by atoms with Gasteiger partial charge in [0.1, 0.15) is 10.8 Å². The minimum Gasteiger partial charge on any atom is -0.497 e. The lowest BCUT2D eigenvalue weighted by Gasteiger charge is -2.35. The van der Waals surface area contributed by atoms with Crippen LogP contribution in [0.2, 0.25) is 0 Å². The van der Waals surface area contributed by atoms with Crippen LogP contribution < -0.4 is 15.0 Å². The summed E-state index contributed by atoms with van der Waals surface area (Å²) in [4.78, 5) is 21.9. The minimum absolute atomic E-state index is 0.0258. The van der Waals surface area contributed by atoms with Gasteiger partial charge in [0, 0.05) is 55.5 Å². The Balaban J connectivity index is 1.26. The van der Waals surface area contributed by atoms with Crippen LogP contribution in [0.1, 0.15) is 16.3 Å². The number of para-hydroxylation sites is 1. The molecule has 0 aliphatic carbocycles. The van der Waals surface area contributed by atoms with Crippen molar-refractivity contribution >= 4 is 28.6 Å². The van der Waals surface area contributed by atoms with Gasteiger partial charge in [-0.25, -0.2) is 4.98 Å². The standard InChI is InChI=1S/C24H28N4O2S/c1-18-6-3-4-9-22(18)26-23(29)15-24-25-19(17-31-24)16-27-10-12-28(13-11-27)20-7-5-8-21(14-20)30-2/h3-9,14,17H,10-13,15-16H2,1-2H3,(H,26,29). The van der Waals surface area contributed by atoms with Crippen LogP contribution in [-0.4, -0.2) is 49.1 Å². The van der Waals surface area contributed by atoms with E-state index in [4.69, 9.17) is 9.72 Å². The first-order valence-corrected chi connectivity index (χ1v) is 11.4. The number of piperazine rings is 1. The third-order valence-electron chi connectivity index (χ3n) is 5.51. The molecule has 0 radical (unpaired) electrons. The van der Waals surface area contributed by atoms with E-state index in [9.17, 15) is 4.79 Å². The van der Waals surface area contributed by atoms with E-state index >= 15 is 0 Å². The molecular weight excluding hydrogens is 408 g/mol. The van der Waals surface area contributed by atoms with Crippen molar-refractivity contribution in [1.29, 1.82) is 0 Å². The molecule has 4 rings (SSSR count). The van der Waals surface area contributed by atoms with E-state index in [2.05, 4.69) is 32.6 Å². The molecule has 1 N–H and O–H groups in total. The quantitative estimate of drug-likeness (QED) is 0.608. The van der Waals surface area contributed by atoms with Crippen LogP contribution in [0.15, 0.2) is 53.9 Å². The number of amides is 1. The van der Waals surface area contributed by atoms with Crippen LogP contribution in [0, 0.1) is 6.92 Å². The zero-order valence-corrected chi connectivity index (χ0v) is 18.8. The van der Waals surface area contributed by atoms with Crippen molar-refractivity contribution in [3.8, 4) is 5.75 Å². The lowest BCUT2D eigenvalue weighted by atomic mass is 10.2. The van der Waals surface area contributed by atoms with Gasteiger partial charge in [0.15, 0.2) is 0 Å². The second kappa shape index (κ2) is 9.94. The van der Waals surface area contributed by atoms with Crippen LogP contribution in [0.3, 0.4) is 0 Å². The minimum atomic E-state index is -0.0258. The van der Waals surface area contributed by atoms with E-state index < -0.39 is 0 Å². The molecule has 1 fully saturated rings. The monoisotopic (exact) mass is 436 g/mol. The maximum Gasteiger partial charge on any atom is 0.231 e. The number of rotatable bonds is 7. The molecule has 162 valence electrons. The summed E-state index contributed by atoms with van der Waals surface area (Å²) in [5, 5.41) is 5.91. The topological polar surface area (TPSA) is 57.7 Å². The van der Waals surface area contributed by atoms with E-state index in [1.54, 1.807) is 18.4 Å². The van der Waals surface area contributed by atoms with Gasteiger partial charge in [-0.3, -0.25) is 9.69 Å². The van der Waals surface area contributed by atoms with Gasteiger partial charge < -0.3 is 15.0 Å². The predicted octanol–water partition coefficient (Wildman–Crippen LogP) is 3.96. The fraction of sp³-hybridized carbons (Fsp3) is 0.333. The largest absolute Gasteiger partial charge is 0.497 e. The second-order valence-electron chi connectivity index (χ2n) is 7.74. The molecule has 2 aromatic carbocycles. The Hall–Kier alpha value is -2.90. The summed E-state index contributed by atoms with van der Waals surface area (Å²) in [6, 6.07) is 16.0. The molecule has 2 heterocycles. The molecule has 1 saturated heterocycles. The Morgan fingerprint density at radius 3 is 2.71 bits per heavy atom. The van der Waals surface area contributed by atoms with E-state index in [1.165, 1.54) is 5.69 Å². The number of carbonyl (C=O) groups is 1. The first kappa shape index (κ1) is 21.3. The third kappa shape index (κ3) is 5.62. The molecule has 1 aliphatic rings. The molecule has 3 aromatic rings. The number of aryl methyl sites for hydroxylation is 1. The highest BCUT2D eigenvalue weighted by atomic mass is 32.1. The summed E-state index contributed by atoms with van der Waals surface area (Å²) in [6.07, 6.45) is 0.308. The number of methoxy groups -OCH3 is 1. The molecule has 7 heteroatoms. The van der Waals surface area contributed by atoms with Gasteiger partial charge in [-0.2, -0.15) is 0 Å². The van der Waals surface area contributed by atoms with Crippen molar-refractivity contribution in [2.45, 2.75) is 19.9 Å². The van der Waals surface area contributed by atoms with Gasteiger partial charge >= 0.3 is 0 Å². The molecule has 0 atom stereocenters. The average Bonchev–Trinajstić information content (AvgIpc) is 3.22. The van der Waals surface area contributed by atoms with Gasteiger partial charge in [0.2, 0.25) is 5.91 Å². The third-order valence-corrected chi connectivity index (χ3v) is 6.40. The molecule has 0 spiro atoms. The highest BCUT2D eigenvalue weighted by Gasteiger charge is 2.19. The highest BCUT2D eigenvalue weighted by Crippen LogP contribution is 2.23. The lowest BCUT2D eigenvalue weighted by Crippen LogP contribution is -2.46. The first-order valence-electron chi connectivity index (χ1n) is 10.5. The maximum absolute atomic E-state index is 12.4. The number of aromatic nitrogens is 1. The van der Waals surface area contributed by atoms with Crippen molar-refractivity contribution in [2.24, 2.45) is 0 Å². The summed E-state index contributed by atoms with van der Waals surface area (Å²) in [5.74, 6) is 0.864. The highest BCUT2D eigenvalue weighted by molar-refractivity contribution is 7.09. The molecule has 0 saturated carbocycles. The number of anilines is 2. The fourth-order valence-corrected chi connectivity index (χ4v) is 4.53. The Morgan fingerprint density at radius 1 is 1.13 bits per heavy atom. The average molecular weight is 437 g/mol. The van der Waals surface area contributed by atoms with Gasteiger partial charge in [-0.05, 0) is 30.7 Å². The number of ether oxygens (including phenoxy) is 1. The van der Waals surface area contributed by atoms with Crippen LogP contribution in [-0.2, 0) is 17.8 Å². The van der Waals surface area contributed by atoms with Gasteiger partial charge in [-0.1, -0.05) is 24.3 Å². The molecule has 6 nitrogen and oxygen atoms in total. The van der Waals surface area contributed by atoms with Crippen LogP contribution in [0.4, 0.5) is 11.4 Å². The van der Waals surface area contributed by atoms with Crippen LogP contribution in [0.25, 0.3) is 0 Å². The Kier molecular flexibility index (Phi) is 6.84. The molecule has 1 aromatic heterocycles. The van der Waals surface area contributed by atoms with Crippen molar-refractivity contribution in [3.63, 3.8) is 0 Å². The number of benzene rings is 2. The summed E-state index contributed by atoms with van der Waals surface area (Å²) in [6.45, 7) is 6.73. The molecule has 0 unspecified atom stereocenters. The molecule has 31 heavy (non-hydrogen) atoms. The van der Waals surface area contributed by atoms with Crippen molar-refractivity contribution in [1.82, 2.24) is 9.88 Å². The molecule has 1 aliphatic heterocycles. The van der Waals surface area contributed by atoms with Crippen LogP contribution in [0.5, 0.6) is 5.75 Å². The van der Waals surface area contributed by atoms with Gasteiger partial charge in [0.25, 0.3) is 0 Å². The predicted molar refractivity (Wildman–Crippen MR) is 126 cm³/mol. The van der Waals surface area contributed by atoms with E-state index in [1.807, 2.05) is 43.3 Å². The van der Waals surface area contributed by atoms with E-state index in [0.29, 0.717) is 6.42 Å². The Morgan fingerprint density at radius 2 is 1.94 bits per heavy atom. The SMILES string of the molecule is COc1cccc(N2CCN(Cc3csc(CC(=O)Nc4ccccc4C)n3)CC2)c1. The summed E-state index contributed by atoms with van der Waals surface area (Å²) >= 11 is 1.56. The number of hydrogen-bond donors (Lipinski definition) is 1. The van der Waals surface area contributed by atoms with Crippen molar-refractivity contribution in [2.75, 3.05) is 43.5 Å². The first-order chi connectivity index (χ1) is 15.1. The number of carbonyl (C=O) groups excluding carboxylic acids is 1. The Bertz CT molecular complexity index is 1030.